The Morgan fingerprint density at radius 2 is 1.97 bits per heavy atom. The van der Waals surface area contributed by atoms with Gasteiger partial charge in [-0.15, -0.1) is 0 Å². The Morgan fingerprint density at radius 1 is 1.22 bits per heavy atom. The van der Waals surface area contributed by atoms with Gasteiger partial charge in [0.15, 0.2) is 0 Å². The Bertz CT molecular complexity index is 1010. The van der Waals surface area contributed by atoms with Gasteiger partial charge in [0.2, 0.25) is 15.9 Å². The van der Waals surface area contributed by atoms with Crippen LogP contribution < -0.4 is 5.32 Å². The maximum absolute atomic E-state index is 12.5. The van der Waals surface area contributed by atoms with E-state index in [4.69, 9.17) is 4.98 Å². The van der Waals surface area contributed by atoms with Gasteiger partial charge >= 0.3 is 0 Å². The summed E-state index contributed by atoms with van der Waals surface area (Å²) in [6.07, 6.45) is 10.7. The summed E-state index contributed by atoms with van der Waals surface area (Å²) < 4.78 is 28.4. The lowest BCUT2D eigenvalue weighted by Crippen LogP contribution is -2.27. The Morgan fingerprint density at radius 3 is 2.66 bits per heavy atom. The monoisotopic (exact) mass is 462 g/mol. The fourth-order valence-electron chi connectivity index (χ4n) is 4.49. The Labute approximate surface area is 192 Å². The third-order valence-electron chi connectivity index (χ3n) is 6.49. The Kier molecular flexibility index (Phi) is 8.71. The normalized spacial score (nSPS) is 15.5. The van der Waals surface area contributed by atoms with Crippen molar-refractivity contribution in [2.45, 2.75) is 82.6 Å². The van der Waals surface area contributed by atoms with Crippen LogP contribution in [0, 0.1) is 5.92 Å². The van der Waals surface area contributed by atoms with E-state index in [1.54, 1.807) is 12.1 Å². The number of fused-ring (bicyclic) bond motifs is 1. The average Bonchev–Trinajstić information content (AvgIpc) is 3.13. The topological polar surface area (TPSA) is 84.3 Å². The quantitative estimate of drug-likeness (QED) is 0.545. The molecule has 32 heavy (non-hydrogen) atoms. The molecule has 0 radical (unpaired) electrons. The van der Waals surface area contributed by atoms with Gasteiger partial charge < -0.3 is 9.88 Å². The van der Waals surface area contributed by atoms with E-state index in [1.807, 2.05) is 6.07 Å². The maximum Gasteiger partial charge on any atom is 0.242 e. The molecule has 0 bridgehead atoms. The second-order valence-corrected chi connectivity index (χ2v) is 11.3. The molecule has 1 aromatic heterocycles. The molecule has 1 fully saturated rings. The molecule has 1 aromatic carbocycles. The number of benzene rings is 1. The fourth-order valence-corrected chi connectivity index (χ4v) is 5.41. The molecule has 0 aliphatic heterocycles. The van der Waals surface area contributed by atoms with Gasteiger partial charge in [0, 0.05) is 40.0 Å². The SMILES string of the molecule is CCCCn1c(CCC(=O)NCCC2CCCCC2)nc2cc(S(=O)(=O)N(C)C)ccc21. The fraction of sp³-hybridized carbons (Fsp3) is 0.667. The van der Waals surface area contributed by atoms with E-state index in [1.165, 1.54) is 50.5 Å². The highest BCUT2D eigenvalue weighted by molar-refractivity contribution is 7.89. The number of unbranched alkanes of at least 4 members (excludes halogenated alkanes) is 1. The van der Waals surface area contributed by atoms with Crippen molar-refractivity contribution in [2.75, 3.05) is 20.6 Å². The number of hydrogen-bond donors (Lipinski definition) is 1. The van der Waals surface area contributed by atoms with Gasteiger partial charge in [0.05, 0.1) is 15.9 Å². The predicted octanol–water partition coefficient (Wildman–Crippen LogP) is 4.11. The lowest BCUT2D eigenvalue weighted by Gasteiger charge is -2.21. The highest BCUT2D eigenvalue weighted by Gasteiger charge is 2.20. The van der Waals surface area contributed by atoms with Gasteiger partial charge in [0.25, 0.3) is 0 Å². The van der Waals surface area contributed by atoms with Crippen molar-refractivity contribution in [3.05, 3.63) is 24.0 Å². The van der Waals surface area contributed by atoms with Crippen LogP contribution >= 0.6 is 0 Å². The molecule has 1 amide bonds. The van der Waals surface area contributed by atoms with E-state index in [0.29, 0.717) is 18.4 Å². The zero-order valence-corrected chi connectivity index (χ0v) is 20.6. The van der Waals surface area contributed by atoms with Crippen molar-refractivity contribution in [2.24, 2.45) is 5.92 Å². The summed E-state index contributed by atoms with van der Waals surface area (Å²) in [7, 11) is -0.463. The summed E-state index contributed by atoms with van der Waals surface area (Å²) >= 11 is 0. The molecule has 7 nitrogen and oxygen atoms in total. The number of nitrogens with zero attached hydrogens (tertiary/aromatic N) is 3. The number of carbonyl (C=O) groups is 1. The van der Waals surface area contributed by atoms with Crippen LogP contribution in [0.2, 0.25) is 0 Å². The molecule has 1 N–H and O–H groups in total. The van der Waals surface area contributed by atoms with Crippen molar-refractivity contribution in [3.8, 4) is 0 Å². The first-order valence-electron chi connectivity index (χ1n) is 12.0. The standard InChI is InChI=1S/C24H38N4O3S/c1-4-5-17-28-22-12-11-20(32(30,31)27(2)3)18-21(22)26-23(28)13-14-24(29)25-16-15-19-9-7-6-8-10-19/h11-12,18-19H,4-10,13-17H2,1-3H3,(H,25,29). The lowest BCUT2D eigenvalue weighted by atomic mass is 9.87. The molecule has 1 heterocycles. The molecule has 1 aliphatic rings. The third-order valence-corrected chi connectivity index (χ3v) is 8.30. The minimum Gasteiger partial charge on any atom is -0.356 e. The molecule has 0 atom stereocenters. The van der Waals surface area contributed by atoms with Crippen molar-refractivity contribution in [1.29, 1.82) is 0 Å². The van der Waals surface area contributed by atoms with Crippen LogP contribution in [0.4, 0.5) is 0 Å². The number of imidazole rings is 1. The molecule has 178 valence electrons. The number of nitrogens with one attached hydrogen (secondary N) is 1. The third kappa shape index (κ3) is 6.10. The van der Waals surface area contributed by atoms with Crippen molar-refractivity contribution in [1.82, 2.24) is 19.2 Å². The summed E-state index contributed by atoms with van der Waals surface area (Å²) in [4.78, 5) is 17.4. The smallest absolute Gasteiger partial charge is 0.242 e. The van der Waals surface area contributed by atoms with Gasteiger partial charge in [-0.2, -0.15) is 0 Å². The van der Waals surface area contributed by atoms with Crippen LogP contribution in [0.25, 0.3) is 11.0 Å². The first kappa shape index (κ1) is 24.7. The predicted molar refractivity (Wildman–Crippen MR) is 128 cm³/mol. The van der Waals surface area contributed by atoms with Crippen LogP contribution in [-0.4, -0.2) is 48.8 Å². The van der Waals surface area contributed by atoms with E-state index in [0.717, 1.165) is 49.6 Å². The highest BCUT2D eigenvalue weighted by atomic mass is 32.2. The summed E-state index contributed by atoms with van der Waals surface area (Å²) in [5, 5.41) is 3.08. The molecular formula is C24H38N4O3S. The molecule has 1 saturated carbocycles. The number of aromatic nitrogens is 2. The van der Waals surface area contributed by atoms with Gasteiger partial charge in [-0.1, -0.05) is 45.4 Å². The number of rotatable bonds is 11. The average molecular weight is 463 g/mol. The van der Waals surface area contributed by atoms with Gasteiger partial charge in [-0.05, 0) is 37.0 Å². The lowest BCUT2D eigenvalue weighted by molar-refractivity contribution is -0.121. The Balaban J connectivity index is 1.67. The molecule has 0 spiro atoms. The largest absolute Gasteiger partial charge is 0.356 e. The van der Waals surface area contributed by atoms with Crippen molar-refractivity contribution in [3.63, 3.8) is 0 Å². The first-order valence-corrected chi connectivity index (χ1v) is 13.4. The summed E-state index contributed by atoms with van der Waals surface area (Å²) in [6.45, 7) is 3.70. The molecular weight excluding hydrogens is 424 g/mol. The second-order valence-electron chi connectivity index (χ2n) is 9.11. The number of amides is 1. The number of carbonyl (C=O) groups excluding carboxylic acids is 1. The summed E-state index contributed by atoms with van der Waals surface area (Å²) in [6, 6.07) is 5.12. The number of aryl methyl sites for hydroxylation is 2. The van der Waals surface area contributed by atoms with Crippen molar-refractivity contribution < 1.29 is 13.2 Å². The molecule has 3 rings (SSSR count). The molecule has 0 saturated heterocycles. The van der Waals surface area contributed by atoms with E-state index in [9.17, 15) is 13.2 Å². The van der Waals surface area contributed by atoms with E-state index >= 15 is 0 Å². The second kappa shape index (κ2) is 11.3. The molecule has 8 heteroatoms. The Hall–Kier alpha value is -1.93. The van der Waals surface area contributed by atoms with Gasteiger partial charge in [-0.3, -0.25) is 4.79 Å². The van der Waals surface area contributed by atoms with Crippen LogP contribution in [0.3, 0.4) is 0 Å². The summed E-state index contributed by atoms with van der Waals surface area (Å²) in [5.41, 5.74) is 1.58. The minimum absolute atomic E-state index is 0.0609. The van der Waals surface area contributed by atoms with Gasteiger partial charge in [0.1, 0.15) is 5.82 Å². The maximum atomic E-state index is 12.5. The van der Waals surface area contributed by atoms with Crippen LogP contribution in [0.1, 0.15) is 70.5 Å². The van der Waals surface area contributed by atoms with Gasteiger partial charge in [-0.25, -0.2) is 17.7 Å². The summed E-state index contributed by atoms with van der Waals surface area (Å²) in [5.74, 6) is 1.66. The molecule has 2 aromatic rings. The highest BCUT2D eigenvalue weighted by Crippen LogP contribution is 2.26. The van der Waals surface area contributed by atoms with Crippen LogP contribution in [-0.2, 0) is 27.8 Å². The minimum atomic E-state index is -3.51. The first-order chi connectivity index (χ1) is 15.3. The number of hydrogen-bond acceptors (Lipinski definition) is 4. The van der Waals surface area contributed by atoms with E-state index in [2.05, 4.69) is 16.8 Å². The molecule has 0 unspecified atom stereocenters. The molecule has 1 aliphatic carbocycles. The zero-order valence-electron chi connectivity index (χ0n) is 19.8. The number of sulfonamides is 1. The van der Waals surface area contributed by atoms with Crippen molar-refractivity contribution >= 4 is 27.0 Å². The van der Waals surface area contributed by atoms with Crippen LogP contribution in [0.5, 0.6) is 0 Å². The zero-order chi connectivity index (χ0) is 23.1. The van der Waals surface area contributed by atoms with Crippen LogP contribution in [0.15, 0.2) is 23.1 Å². The van der Waals surface area contributed by atoms with E-state index < -0.39 is 10.0 Å². The van der Waals surface area contributed by atoms with E-state index in [-0.39, 0.29) is 10.8 Å².